The van der Waals surface area contributed by atoms with Crippen molar-refractivity contribution in [3.8, 4) is 0 Å². The molecule has 3 saturated heterocycles. The van der Waals surface area contributed by atoms with Crippen LogP contribution in [0.2, 0.25) is 0 Å². The smallest absolute Gasteiger partial charge is 0.303 e. The predicted octanol–water partition coefficient (Wildman–Crippen LogP) is 5.46. The van der Waals surface area contributed by atoms with Crippen LogP contribution in [0.25, 0.3) is 0 Å². The first-order valence-corrected chi connectivity index (χ1v) is 19.9. The van der Waals surface area contributed by atoms with Gasteiger partial charge >= 0.3 is 5.97 Å². The fourth-order valence-electron chi connectivity index (χ4n) is 13.7. The third-order valence-corrected chi connectivity index (χ3v) is 16.2. The van der Waals surface area contributed by atoms with Crippen molar-refractivity contribution in [2.24, 2.45) is 45.3 Å². The summed E-state index contributed by atoms with van der Waals surface area (Å²) in [6.07, 6.45) is 7.97. The number of ketones is 1. The summed E-state index contributed by atoms with van der Waals surface area (Å²) in [7, 11) is 0. The second kappa shape index (κ2) is 11.7. The second-order valence-corrected chi connectivity index (χ2v) is 19.6. The third-order valence-electron chi connectivity index (χ3n) is 16.2. The van der Waals surface area contributed by atoms with E-state index in [-0.39, 0.29) is 47.7 Å². The molecule has 0 aromatic rings. The van der Waals surface area contributed by atoms with Crippen LogP contribution >= 0.6 is 0 Å². The number of fused-ring (bicyclic) bond motifs is 4. The standard InChI is InChI=1S/C40H64N2O7.H2/c1-23(2)42-19-25(20-42)41-17-18-46-31(21-41)49-30-13-14-40-22-39(40)16-15-38(8)27-9-11-28(35(37(6,7)45)47-24(3)43)48-34(27)33(44)32(38)26(39)10-12-29(40)36(30,4)5;/h23,25-32,34-35,45H,9-22H2,1-8H3;1H/t26?,27?,28?,29?,30?,31?,32?,34?,35?,38?,39-,40?;/m0./s1. The number of morpholine rings is 1. The molecule has 9 nitrogen and oxygen atoms in total. The fourth-order valence-corrected chi connectivity index (χ4v) is 13.7. The summed E-state index contributed by atoms with van der Waals surface area (Å²) in [6.45, 7) is 21.5. The molecule has 5 aliphatic carbocycles. The quantitative estimate of drug-likeness (QED) is 0.351. The summed E-state index contributed by atoms with van der Waals surface area (Å²) in [4.78, 5) is 31.7. The van der Waals surface area contributed by atoms with Crippen molar-refractivity contribution < 1.29 is 35.1 Å². The number of rotatable bonds is 7. The number of carbonyl (C=O) groups is 2. The van der Waals surface area contributed by atoms with E-state index in [0.29, 0.717) is 35.8 Å². The third kappa shape index (κ3) is 5.20. The molecule has 0 amide bonds. The maximum atomic E-state index is 14.6. The van der Waals surface area contributed by atoms with Crippen molar-refractivity contribution in [2.45, 2.75) is 162 Å². The molecule has 3 aliphatic heterocycles. The normalized spacial score (nSPS) is 47.3. The van der Waals surface area contributed by atoms with E-state index in [1.54, 1.807) is 13.8 Å². The van der Waals surface area contributed by atoms with Gasteiger partial charge < -0.3 is 24.1 Å². The molecule has 2 spiro atoms. The Labute approximate surface area is 296 Å². The Hall–Kier alpha value is -1.10. The number of ether oxygens (including phenoxy) is 4. The van der Waals surface area contributed by atoms with Crippen molar-refractivity contribution in [3.05, 3.63) is 0 Å². The first-order chi connectivity index (χ1) is 23.0. The molecular formula is C40H66N2O7. The molecule has 8 rings (SSSR count). The first kappa shape index (κ1) is 35.0. The number of nitrogens with zero attached hydrogens (tertiary/aromatic N) is 2. The maximum absolute atomic E-state index is 14.6. The average Bonchev–Trinajstić information content (AvgIpc) is 3.61. The van der Waals surface area contributed by atoms with Gasteiger partial charge in [0.15, 0.2) is 18.2 Å². The largest absolute Gasteiger partial charge is 0.457 e. The van der Waals surface area contributed by atoms with E-state index in [1.165, 1.54) is 26.2 Å². The zero-order valence-electron chi connectivity index (χ0n) is 31.5. The van der Waals surface area contributed by atoms with E-state index in [1.807, 2.05) is 0 Å². The highest BCUT2D eigenvalue weighted by Crippen LogP contribution is 2.87. The Morgan fingerprint density at radius 1 is 1.00 bits per heavy atom. The maximum Gasteiger partial charge on any atom is 0.303 e. The zero-order valence-corrected chi connectivity index (χ0v) is 31.5. The molecule has 0 bridgehead atoms. The lowest BCUT2D eigenvalue weighted by atomic mass is 9.46. The topological polar surface area (TPSA) is 97.8 Å². The van der Waals surface area contributed by atoms with Crippen molar-refractivity contribution in [2.75, 3.05) is 32.8 Å². The van der Waals surface area contributed by atoms with Gasteiger partial charge in [0.25, 0.3) is 0 Å². The van der Waals surface area contributed by atoms with Crippen LogP contribution in [0.15, 0.2) is 0 Å². The van der Waals surface area contributed by atoms with Crippen LogP contribution in [0.1, 0.15) is 115 Å². The number of carbonyl (C=O) groups excluding carboxylic acids is 2. The van der Waals surface area contributed by atoms with Crippen LogP contribution in [0.3, 0.4) is 0 Å². The van der Waals surface area contributed by atoms with E-state index >= 15 is 0 Å². The number of hydrogen-bond acceptors (Lipinski definition) is 9. The Bertz CT molecular complexity index is 1330. The molecule has 49 heavy (non-hydrogen) atoms. The first-order valence-electron chi connectivity index (χ1n) is 19.9. The van der Waals surface area contributed by atoms with Gasteiger partial charge in [-0.1, -0.05) is 20.8 Å². The summed E-state index contributed by atoms with van der Waals surface area (Å²) in [5.41, 5.74) is -0.698. The zero-order chi connectivity index (χ0) is 34.9. The van der Waals surface area contributed by atoms with E-state index in [9.17, 15) is 14.7 Å². The lowest BCUT2D eigenvalue weighted by Crippen LogP contribution is -2.64. The van der Waals surface area contributed by atoms with Crippen molar-refractivity contribution in [1.29, 1.82) is 0 Å². The molecule has 278 valence electrons. The van der Waals surface area contributed by atoms with Crippen molar-refractivity contribution >= 4 is 11.8 Å². The summed E-state index contributed by atoms with van der Waals surface area (Å²) >= 11 is 0. The van der Waals surface area contributed by atoms with Gasteiger partial charge in [-0.2, -0.15) is 0 Å². The average molecular weight is 687 g/mol. The predicted molar refractivity (Wildman–Crippen MR) is 187 cm³/mol. The van der Waals surface area contributed by atoms with Gasteiger partial charge in [-0.05, 0) is 125 Å². The fraction of sp³-hybridized carbons (Fsp3) is 0.950. The molecular weight excluding hydrogens is 620 g/mol. The highest BCUT2D eigenvalue weighted by Gasteiger charge is 2.82. The minimum atomic E-state index is -1.26. The lowest BCUT2D eigenvalue weighted by molar-refractivity contribution is -0.250. The summed E-state index contributed by atoms with van der Waals surface area (Å²) in [5, 5.41) is 10.9. The summed E-state index contributed by atoms with van der Waals surface area (Å²) in [6, 6.07) is 1.23. The molecule has 8 aliphatic rings. The number of hydrogen-bond donors (Lipinski definition) is 1. The molecule has 0 radical (unpaired) electrons. The van der Waals surface area contributed by atoms with Gasteiger partial charge in [0.05, 0.1) is 24.4 Å². The Balaban J connectivity index is 0.00000392. The molecule has 1 N–H and O–H groups in total. The molecule has 11 unspecified atom stereocenters. The molecule has 0 aromatic heterocycles. The second-order valence-electron chi connectivity index (χ2n) is 19.6. The van der Waals surface area contributed by atoms with Crippen LogP contribution in [0, 0.1) is 45.3 Å². The number of Topliss-reactive ketones (excluding diaryl/α,β-unsaturated/α-hetero) is 1. The number of likely N-dealkylation sites (tertiary alicyclic amines) is 1. The van der Waals surface area contributed by atoms with Gasteiger partial charge in [0.2, 0.25) is 0 Å². The number of aliphatic hydroxyl groups is 1. The van der Waals surface area contributed by atoms with E-state index < -0.39 is 29.9 Å². The van der Waals surface area contributed by atoms with Crippen molar-refractivity contribution in [3.63, 3.8) is 0 Å². The monoisotopic (exact) mass is 686 g/mol. The molecule has 0 aromatic carbocycles. The number of esters is 1. The van der Waals surface area contributed by atoms with Gasteiger partial charge in [-0.25, -0.2) is 0 Å². The van der Waals surface area contributed by atoms with Crippen LogP contribution in [0.4, 0.5) is 0 Å². The highest BCUT2D eigenvalue weighted by atomic mass is 16.7. The van der Waals surface area contributed by atoms with Gasteiger partial charge in [-0.15, -0.1) is 0 Å². The molecule has 9 heteroatoms. The molecule has 12 atom stereocenters. The van der Waals surface area contributed by atoms with E-state index in [0.717, 1.165) is 64.9 Å². The van der Waals surface area contributed by atoms with Gasteiger partial charge in [0, 0.05) is 52.5 Å². The van der Waals surface area contributed by atoms with E-state index in [2.05, 4.69) is 44.4 Å². The van der Waals surface area contributed by atoms with Crippen LogP contribution < -0.4 is 0 Å². The van der Waals surface area contributed by atoms with Crippen molar-refractivity contribution in [1.82, 2.24) is 9.80 Å². The summed E-state index contributed by atoms with van der Waals surface area (Å²) in [5.74, 6) is 1.09. The van der Waals surface area contributed by atoms with Crippen LogP contribution in [0.5, 0.6) is 0 Å². The SMILES string of the molecule is CC(=O)OC(C1CCC2C(O1)C(=O)C1C3CCC4C(C)(C)C(OC5CN(C6CN(C(C)C)C6)CCO5)CCC45C[C@@]35CCC21C)C(C)(C)O.[HH]. The van der Waals surface area contributed by atoms with Crippen LogP contribution in [-0.2, 0) is 28.5 Å². The molecule has 5 saturated carbocycles. The highest BCUT2D eigenvalue weighted by molar-refractivity contribution is 5.90. The van der Waals surface area contributed by atoms with Gasteiger partial charge in [0.1, 0.15) is 6.10 Å². The summed E-state index contributed by atoms with van der Waals surface area (Å²) < 4.78 is 25.5. The Kier molecular flexibility index (Phi) is 8.35. The van der Waals surface area contributed by atoms with Crippen LogP contribution in [-0.4, -0.2) is 108 Å². The minimum Gasteiger partial charge on any atom is -0.457 e. The minimum absolute atomic E-state index is 0. The van der Waals surface area contributed by atoms with E-state index in [4.69, 9.17) is 18.9 Å². The molecule has 8 fully saturated rings. The Morgan fingerprint density at radius 2 is 1.73 bits per heavy atom. The lowest BCUT2D eigenvalue weighted by Gasteiger charge is -2.59. The van der Waals surface area contributed by atoms with Gasteiger partial charge in [-0.3, -0.25) is 19.4 Å². The Morgan fingerprint density at radius 3 is 2.43 bits per heavy atom. The molecule has 3 heterocycles.